The van der Waals surface area contributed by atoms with E-state index in [9.17, 15) is 0 Å². The van der Waals surface area contributed by atoms with Gasteiger partial charge in [0, 0.05) is 0 Å². The molecule has 0 aromatic rings. The van der Waals surface area contributed by atoms with Gasteiger partial charge in [-0.3, -0.25) is 0 Å². The van der Waals surface area contributed by atoms with Gasteiger partial charge in [-0.1, -0.05) is 201 Å². The van der Waals surface area contributed by atoms with Crippen LogP contribution in [-0.4, -0.2) is 0 Å². The number of rotatable bonds is 28. The van der Waals surface area contributed by atoms with Gasteiger partial charge in [0.1, 0.15) is 0 Å². The van der Waals surface area contributed by atoms with Crippen LogP contribution in [0.2, 0.25) is 0 Å². The van der Waals surface area contributed by atoms with Gasteiger partial charge in [-0.15, -0.1) is 0 Å². The quantitative estimate of drug-likeness (QED) is 0.104. The lowest BCUT2D eigenvalue weighted by Gasteiger charge is -2.15. The van der Waals surface area contributed by atoms with Gasteiger partial charge in [0.15, 0.2) is 0 Å². The van der Waals surface area contributed by atoms with Crippen molar-refractivity contribution in [3.63, 3.8) is 0 Å². The fourth-order valence-electron chi connectivity index (χ4n) is 5.38. The summed E-state index contributed by atoms with van der Waals surface area (Å²) in [5.41, 5.74) is 0. The normalized spacial score (nSPS) is 12.5. The first kappa shape index (κ1) is 32.0. The monoisotopic (exact) mass is 451 g/mol. The third kappa shape index (κ3) is 26.3. The van der Waals surface area contributed by atoms with Crippen molar-refractivity contribution in [3.05, 3.63) is 0 Å². The van der Waals surface area contributed by atoms with Crippen molar-refractivity contribution in [1.29, 1.82) is 0 Å². The summed E-state index contributed by atoms with van der Waals surface area (Å²) in [6, 6.07) is 0. The van der Waals surface area contributed by atoms with Gasteiger partial charge < -0.3 is 0 Å². The minimum Gasteiger partial charge on any atom is -0.0654 e. The molecular weight excluding hydrogens is 384 g/mol. The Morgan fingerprint density at radius 1 is 0.250 bits per heavy atom. The molecule has 0 aliphatic carbocycles. The first-order chi connectivity index (χ1) is 15.8. The molecule has 0 amide bonds. The summed E-state index contributed by atoms with van der Waals surface area (Å²) in [5.74, 6) is 1.03. The van der Waals surface area contributed by atoms with E-state index in [0.717, 1.165) is 5.92 Å². The molecule has 0 fully saturated rings. The van der Waals surface area contributed by atoms with Gasteiger partial charge in [0.2, 0.25) is 0 Å². The maximum absolute atomic E-state index is 2.36. The summed E-state index contributed by atoms with van der Waals surface area (Å²) in [6.07, 6.45) is 41.3. The Bertz CT molecular complexity index is 307. The predicted octanol–water partition coefficient (Wildman–Crippen LogP) is 12.6. The number of hydrogen-bond acceptors (Lipinski definition) is 0. The lowest BCUT2D eigenvalue weighted by molar-refractivity contribution is 0.383. The molecule has 0 aromatic carbocycles. The fraction of sp³-hybridized carbons (Fsp3) is 1.00. The fourth-order valence-corrected chi connectivity index (χ4v) is 5.38. The molecule has 0 aliphatic heterocycles. The number of hydrogen-bond donors (Lipinski definition) is 0. The van der Waals surface area contributed by atoms with E-state index in [0.29, 0.717) is 0 Å². The average molecular weight is 451 g/mol. The van der Waals surface area contributed by atoms with E-state index in [1.807, 2.05) is 0 Å². The van der Waals surface area contributed by atoms with E-state index >= 15 is 0 Å². The summed E-state index contributed by atoms with van der Waals surface area (Å²) >= 11 is 0. The van der Waals surface area contributed by atoms with Crippen LogP contribution >= 0.6 is 0 Å². The van der Waals surface area contributed by atoms with E-state index < -0.39 is 0 Å². The molecule has 1 unspecified atom stereocenters. The van der Waals surface area contributed by atoms with Gasteiger partial charge in [-0.05, 0) is 5.92 Å². The first-order valence-electron chi connectivity index (χ1n) is 15.8. The maximum Gasteiger partial charge on any atom is -0.0414 e. The van der Waals surface area contributed by atoms with Gasteiger partial charge in [0.25, 0.3) is 0 Å². The lowest BCUT2D eigenvalue weighted by Crippen LogP contribution is -2.00. The van der Waals surface area contributed by atoms with Crippen LogP contribution in [0.4, 0.5) is 0 Å². The molecule has 32 heavy (non-hydrogen) atoms. The topological polar surface area (TPSA) is 0 Å². The zero-order valence-corrected chi connectivity index (χ0v) is 23.4. The van der Waals surface area contributed by atoms with Crippen LogP contribution in [0.25, 0.3) is 0 Å². The van der Waals surface area contributed by atoms with Crippen LogP contribution in [-0.2, 0) is 0 Å². The summed E-state index contributed by atoms with van der Waals surface area (Å²) in [4.78, 5) is 0. The van der Waals surface area contributed by atoms with Crippen molar-refractivity contribution in [2.24, 2.45) is 5.92 Å². The van der Waals surface area contributed by atoms with Crippen molar-refractivity contribution >= 4 is 0 Å². The van der Waals surface area contributed by atoms with Crippen LogP contribution in [0.3, 0.4) is 0 Å². The zero-order valence-electron chi connectivity index (χ0n) is 23.4. The van der Waals surface area contributed by atoms with Gasteiger partial charge in [-0.2, -0.15) is 0 Å². The molecule has 0 radical (unpaired) electrons. The molecule has 0 nitrogen and oxygen atoms in total. The minimum absolute atomic E-state index is 1.03. The van der Waals surface area contributed by atoms with Crippen LogP contribution in [0.15, 0.2) is 0 Å². The molecular formula is C32H66. The molecule has 0 N–H and O–H groups in total. The Labute approximate surface area is 206 Å². The Hall–Kier alpha value is 0. The molecule has 194 valence electrons. The second-order valence-electron chi connectivity index (χ2n) is 11.0. The lowest BCUT2D eigenvalue weighted by atomic mass is 9.91. The van der Waals surface area contributed by atoms with E-state index in [1.54, 1.807) is 0 Å². The van der Waals surface area contributed by atoms with Crippen molar-refractivity contribution in [3.8, 4) is 0 Å². The van der Waals surface area contributed by atoms with Crippen molar-refractivity contribution < 1.29 is 0 Å². The summed E-state index contributed by atoms with van der Waals surface area (Å²) < 4.78 is 0. The third-order valence-corrected chi connectivity index (χ3v) is 7.63. The maximum atomic E-state index is 2.36. The number of unbranched alkanes of at least 4 members (excludes halogenated alkanes) is 22. The SMILES string of the molecule is CCCCCCCCCCCCCCCCCCCCCCCCC(CCC)CCCC. The highest BCUT2D eigenvalue weighted by Gasteiger charge is 2.06. The van der Waals surface area contributed by atoms with Crippen molar-refractivity contribution in [2.45, 2.75) is 201 Å². The van der Waals surface area contributed by atoms with Gasteiger partial charge >= 0.3 is 0 Å². The molecule has 0 bridgehead atoms. The smallest absolute Gasteiger partial charge is 0.0414 e. The first-order valence-corrected chi connectivity index (χ1v) is 15.8. The van der Waals surface area contributed by atoms with E-state index in [1.165, 1.54) is 180 Å². The molecule has 0 heteroatoms. The molecule has 0 aliphatic rings. The van der Waals surface area contributed by atoms with Crippen LogP contribution < -0.4 is 0 Å². The van der Waals surface area contributed by atoms with Crippen LogP contribution in [0, 0.1) is 5.92 Å². The summed E-state index contributed by atoms with van der Waals surface area (Å²) in [5, 5.41) is 0. The van der Waals surface area contributed by atoms with Crippen molar-refractivity contribution in [1.82, 2.24) is 0 Å². The standard InChI is InChI=1S/C32H66/c1-4-7-9-10-11-12-13-14-15-16-17-18-19-20-21-22-23-24-25-26-27-28-31-32(29-6-3)30-8-5-2/h32H,4-31H2,1-3H3. The van der Waals surface area contributed by atoms with Crippen LogP contribution in [0.1, 0.15) is 201 Å². The second kappa shape index (κ2) is 29.0. The van der Waals surface area contributed by atoms with Crippen molar-refractivity contribution in [2.75, 3.05) is 0 Å². The van der Waals surface area contributed by atoms with E-state index in [4.69, 9.17) is 0 Å². The molecule has 0 heterocycles. The molecule has 0 rings (SSSR count). The molecule has 0 aromatic heterocycles. The third-order valence-electron chi connectivity index (χ3n) is 7.63. The highest BCUT2D eigenvalue weighted by Crippen LogP contribution is 2.22. The Balaban J connectivity index is 3.14. The zero-order chi connectivity index (χ0) is 23.4. The molecule has 0 spiro atoms. The minimum atomic E-state index is 1.03. The van der Waals surface area contributed by atoms with Crippen LogP contribution in [0.5, 0.6) is 0 Å². The highest BCUT2D eigenvalue weighted by molar-refractivity contribution is 4.60. The molecule has 0 saturated carbocycles. The molecule has 0 saturated heterocycles. The van der Waals surface area contributed by atoms with Gasteiger partial charge in [0.05, 0.1) is 0 Å². The predicted molar refractivity (Wildman–Crippen MR) is 150 cm³/mol. The summed E-state index contributed by atoms with van der Waals surface area (Å²) in [6.45, 7) is 7.00. The Morgan fingerprint density at radius 2 is 0.531 bits per heavy atom. The largest absolute Gasteiger partial charge is 0.0654 e. The highest BCUT2D eigenvalue weighted by atomic mass is 14.1. The van der Waals surface area contributed by atoms with E-state index in [2.05, 4.69) is 20.8 Å². The van der Waals surface area contributed by atoms with Gasteiger partial charge in [-0.25, -0.2) is 0 Å². The summed E-state index contributed by atoms with van der Waals surface area (Å²) in [7, 11) is 0. The Morgan fingerprint density at radius 3 is 0.844 bits per heavy atom. The van der Waals surface area contributed by atoms with E-state index in [-0.39, 0.29) is 0 Å². The Kier molecular flexibility index (Phi) is 29.0. The average Bonchev–Trinajstić information content (AvgIpc) is 2.80. The second-order valence-corrected chi connectivity index (χ2v) is 11.0. The molecule has 1 atom stereocenters.